The van der Waals surface area contributed by atoms with E-state index in [2.05, 4.69) is 10.3 Å². The second-order valence-corrected chi connectivity index (χ2v) is 6.45. The van der Waals surface area contributed by atoms with Crippen LogP contribution in [-0.2, 0) is 0 Å². The Bertz CT molecular complexity index is 527. The number of carbonyl (C=O) groups is 1. The predicted molar refractivity (Wildman–Crippen MR) is 85.0 cm³/mol. The van der Waals surface area contributed by atoms with Crippen molar-refractivity contribution in [2.75, 3.05) is 12.0 Å². The number of fused-ring (bicyclic) bond motifs is 1. The maximum absolute atomic E-state index is 13.0. The van der Waals surface area contributed by atoms with E-state index in [0.29, 0.717) is 17.5 Å². The standard InChI is InChI=1S/C17H25N3O/c1-12-8-9-14(15(11-12)19-18)17(21)20-10-4-6-13-5-2-3-7-16(13)20/h8-9,11,13,16,19H,2-7,10,18H2,1H3/t13-,16-/m1/s1. The normalized spacial score (nSPS) is 25.3. The number of rotatable bonds is 2. The molecule has 1 aliphatic heterocycles. The van der Waals surface area contributed by atoms with Crippen molar-refractivity contribution in [1.29, 1.82) is 0 Å². The van der Waals surface area contributed by atoms with Crippen LogP contribution in [0.25, 0.3) is 0 Å². The van der Waals surface area contributed by atoms with Crippen molar-refractivity contribution in [2.24, 2.45) is 11.8 Å². The summed E-state index contributed by atoms with van der Waals surface area (Å²) in [5, 5.41) is 0. The summed E-state index contributed by atoms with van der Waals surface area (Å²) >= 11 is 0. The number of amides is 1. The SMILES string of the molecule is Cc1ccc(C(=O)N2CCC[C@H]3CCCC[C@H]32)c(NN)c1. The van der Waals surface area contributed by atoms with Crippen LogP contribution in [0.15, 0.2) is 18.2 Å². The Morgan fingerprint density at radius 2 is 2.00 bits per heavy atom. The number of nitrogens with one attached hydrogen (secondary N) is 1. The number of hydrazine groups is 1. The van der Waals surface area contributed by atoms with E-state index in [9.17, 15) is 4.79 Å². The molecule has 1 saturated carbocycles. The minimum atomic E-state index is 0.138. The third kappa shape index (κ3) is 2.77. The lowest BCUT2D eigenvalue weighted by Gasteiger charge is -2.44. The molecule has 0 unspecified atom stereocenters. The zero-order valence-electron chi connectivity index (χ0n) is 12.8. The van der Waals surface area contributed by atoms with Crippen LogP contribution in [0.4, 0.5) is 5.69 Å². The number of hydrogen-bond acceptors (Lipinski definition) is 3. The number of likely N-dealkylation sites (tertiary alicyclic amines) is 1. The number of carbonyl (C=O) groups excluding carboxylic acids is 1. The van der Waals surface area contributed by atoms with Gasteiger partial charge in [0.2, 0.25) is 0 Å². The van der Waals surface area contributed by atoms with Crippen LogP contribution in [0.3, 0.4) is 0 Å². The molecular formula is C17H25N3O. The maximum Gasteiger partial charge on any atom is 0.256 e. The van der Waals surface area contributed by atoms with Crippen molar-refractivity contribution in [2.45, 2.75) is 51.5 Å². The lowest BCUT2D eigenvalue weighted by molar-refractivity contribution is 0.0391. The molecule has 1 aliphatic carbocycles. The summed E-state index contributed by atoms with van der Waals surface area (Å²) in [5.74, 6) is 6.44. The van der Waals surface area contributed by atoms with Crippen LogP contribution >= 0.6 is 0 Å². The van der Waals surface area contributed by atoms with Gasteiger partial charge in [-0.2, -0.15) is 0 Å². The quantitative estimate of drug-likeness (QED) is 0.649. The molecule has 1 amide bonds. The highest BCUT2D eigenvalue weighted by Gasteiger charge is 2.36. The van der Waals surface area contributed by atoms with E-state index in [0.717, 1.165) is 30.6 Å². The van der Waals surface area contributed by atoms with Crippen molar-refractivity contribution in [3.63, 3.8) is 0 Å². The molecule has 2 aliphatic rings. The fourth-order valence-corrected chi connectivity index (χ4v) is 4.00. The molecule has 1 aromatic rings. The molecular weight excluding hydrogens is 262 g/mol. The van der Waals surface area contributed by atoms with Crippen molar-refractivity contribution in [3.05, 3.63) is 29.3 Å². The Kier molecular flexibility index (Phi) is 4.15. The number of piperidine rings is 1. The highest BCUT2D eigenvalue weighted by Crippen LogP contribution is 2.36. The fraction of sp³-hybridized carbons (Fsp3) is 0.588. The van der Waals surface area contributed by atoms with Crippen LogP contribution in [0.1, 0.15) is 54.4 Å². The van der Waals surface area contributed by atoms with Crippen molar-refractivity contribution < 1.29 is 4.79 Å². The lowest BCUT2D eigenvalue weighted by atomic mass is 9.78. The number of nitrogens with zero attached hydrogens (tertiary/aromatic N) is 1. The zero-order chi connectivity index (χ0) is 14.8. The molecule has 2 fully saturated rings. The van der Waals surface area contributed by atoms with E-state index >= 15 is 0 Å². The average Bonchev–Trinajstić information content (AvgIpc) is 2.53. The van der Waals surface area contributed by atoms with Crippen molar-refractivity contribution in [1.82, 2.24) is 4.90 Å². The van der Waals surface area contributed by atoms with Gasteiger partial charge in [-0.3, -0.25) is 10.6 Å². The molecule has 3 N–H and O–H groups in total. The van der Waals surface area contributed by atoms with Crippen LogP contribution < -0.4 is 11.3 Å². The van der Waals surface area contributed by atoms with Gasteiger partial charge in [-0.15, -0.1) is 0 Å². The van der Waals surface area contributed by atoms with Crippen LogP contribution in [0, 0.1) is 12.8 Å². The third-order valence-electron chi connectivity index (χ3n) is 5.07. The smallest absolute Gasteiger partial charge is 0.256 e. The molecule has 3 rings (SSSR count). The van der Waals surface area contributed by atoms with Gasteiger partial charge < -0.3 is 10.3 Å². The monoisotopic (exact) mass is 287 g/mol. The number of benzene rings is 1. The van der Waals surface area contributed by atoms with Gasteiger partial charge in [0.15, 0.2) is 0 Å². The average molecular weight is 287 g/mol. The molecule has 1 aromatic carbocycles. The summed E-state index contributed by atoms with van der Waals surface area (Å²) in [5.41, 5.74) is 5.22. The van der Waals surface area contributed by atoms with E-state index < -0.39 is 0 Å². The number of nitrogens with two attached hydrogens (primary N) is 1. The minimum absolute atomic E-state index is 0.138. The summed E-state index contributed by atoms with van der Waals surface area (Å²) in [4.78, 5) is 15.1. The van der Waals surface area contributed by atoms with Crippen LogP contribution in [0.2, 0.25) is 0 Å². The van der Waals surface area contributed by atoms with Gasteiger partial charge in [0.25, 0.3) is 5.91 Å². The Balaban J connectivity index is 1.87. The summed E-state index contributed by atoms with van der Waals surface area (Å²) in [7, 11) is 0. The summed E-state index contributed by atoms with van der Waals surface area (Å²) in [6, 6.07) is 6.26. The molecule has 114 valence electrons. The molecule has 1 saturated heterocycles. The first-order valence-corrected chi connectivity index (χ1v) is 8.09. The van der Waals surface area contributed by atoms with E-state index in [4.69, 9.17) is 5.84 Å². The minimum Gasteiger partial charge on any atom is -0.335 e. The van der Waals surface area contributed by atoms with Gasteiger partial charge in [-0.05, 0) is 56.2 Å². The number of aryl methyl sites for hydroxylation is 1. The first-order valence-electron chi connectivity index (χ1n) is 8.09. The molecule has 2 atom stereocenters. The highest BCUT2D eigenvalue weighted by molar-refractivity contribution is 6.00. The van der Waals surface area contributed by atoms with Gasteiger partial charge >= 0.3 is 0 Å². The van der Waals surface area contributed by atoms with Crippen LogP contribution in [-0.4, -0.2) is 23.4 Å². The first-order chi connectivity index (χ1) is 10.2. The van der Waals surface area contributed by atoms with Gasteiger partial charge in [0.1, 0.15) is 0 Å². The molecule has 0 bridgehead atoms. The van der Waals surface area contributed by atoms with Gasteiger partial charge in [0, 0.05) is 12.6 Å². The van der Waals surface area contributed by atoms with Gasteiger partial charge in [-0.25, -0.2) is 0 Å². The summed E-state index contributed by atoms with van der Waals surface area (Å²) in [6.45, 7) is 2.89. The molecule has 1 heterocycles. The Labute approximate surface area is 126 Å². The van der Waals surface area contributed by atoms with E-state index in [1.54, 1.807) is 0 Å². The van der Waals surface area contributed by atoms with Gasteiger partial charge in [-0.1, -0.05) is 18.9 Å². The Morgan fingerprint density at radius 3 is 2.81 bits per heavy atom. The fourth-order valence-electron chi connectivity index (χ4n) is 4.00. The largest absolute Gasteiger partial charge is 0.335 e. The highest BCUT2D eigenvalue weighted by atomic mass is 16.2. The predicted octanol–water partition coefficient (Wildman–Crippen LogP) is 3.08. The topological polar surface area (TPSA) is 58.4 Å². The van der Waals surface area contributed by atoms with Gasteiger partial charge in [0.05, 0.1) is 11.3 Å². The zero-order valence-corrected chi connectivity index (χ0v) is 12.8. The second-order valence-electron chi connectivity index (χ2n) is 6.45. The maximum atomic E-state index is 13.0. The van der Waals surface area contributed by atoms with E-state index in [1.807, 2.05) is 25.1 Å². The second kappa shape index (κ2) is 6.06. The number of anilines is 1. The third-order valence-corrected chi connectivity index (χ3v) is 5.07. The number of hydrogen-bond donors (Lipinski definition) is 2. The molecule has 4 nitrogen and oxygen atoms in total. The van der Waals surface area contributed by atoms with E-state index in [1.165, 1.54) is 25.7 Å². The summed E-state index contributed by atoms with van der Waals surface area (Å²) < 4.78 is 0. The molecule has 0 aromatic heterocycles. The Morgan fingerprint density at radius 1 is 1.24 bits per heavy atom. The molecule has 21 heavy (non-hydrogen) atoms. The van der Waals surface area contributed by atoms with E-state index in [-0.39, 0.29) is 5.91 Å². The first kappa shape index (κ1) is 14.4. The molecule has 4 heteroatoms. The molecule has 0 radical (unpaired) electrons. The van der Waals surface area contributed by atoms with Crippen molar-refractivity contribution in [3.8, 4) is 0 Å². The number of nitrogen functional groups attached to an aromatic ring is 1. The van der Waals surface area contributed by atoms with Crippen molar-refractivity contribution >= 4 is 11.6 Å². The lowest BCUT2D eigenvalue weighted by Crippen LogP contribution is -2.49. The molecule has 0 spiro atoms. The van der Waals surface area contributed by atoms with Crippen LogP contribution in [0.5, 0.6) is 0 Å². The summed E-state index contributed by atoms with van der Waals surface area (Å²) in [6.07, 6.45) is 7.43. The Hall–Kier alpha value is -1.55.